The highest BCUT2D eigenvalue weighted by Gasteiger charge is 2.21. The van der Waals surface area contributed by atoms with Crippen LogP contribution in [0.3, 0.4) is 0 Å². The SMILES string of the molecule is Cn1nc(-c2ccc(C(=O)NC(C)(C)CO)cc2)sc1=NC1CCC[C@@H](O)C1. The number of amides is 1. The Kier molecular flexibility index (Phi) is 6.32. The molecule has 0 aliphatic heterocycles. The largest absolute Gasteiger partial charge is 0.394 e. The lowest BCUT2D eigenvalue weighted by Gasteiger charge is -2.23. The van der Waals surface area contributed by atoms with Crippen molar-refractivity contribution in [3.8, 4) is 10.6 Å². The standard InChI is InChI=1S/C20H28N4O3S/c1-20(2,12-25)22-17(27)13-7-9-14(10-8-13)18-23-24(3)19(28-18)21-15-5-4-6-16(26)11-15/h7-10,15-16,25-26H,4-6,11-12H2,1-3H3,(H,22,27)/t15?,16-/m1/s1. The van der Waals surface area contributed by atoms with E-state index in [0.29, 0.717) is 12.0 Å². The summed E-state index contributed by atoms with van der Waals surface area (Å²) in [6.45, 7) is 3.41. The third-order valence-corrected chi connectivity index (χ3v) is 5.92. The number of hydrogen-bond donors (Lipinski definition) is 3. The number of hydrogen-bond acceptors (Lipinski definition) is 6. The van der Waals surface area contributed by atoms with Crippen LogP contribution in [0.15, 0.2) is 29.3 Å². The van der Waals surface area contributed by atoms with Crippen LogP contribution in [0.4, 0.5) is 0 Å². The molecule has 0 radical (unpaired) electrons. The summed E-state index contributed by atoms with van der Waals surface area (Å²) in [5.74, 6) is -0.221. The fraction of sp³-hybridized carbons (Fsp3) is 0.550. The monoisotopic (exact) mass is 404 g/mol. The van der Waals surface area contributed by atoms with E-state index in [1.54, 1.807) is 30.7 Å². The molecule has 152 valence electrons. The first-order valence-electron chi connectivity index (χ1n) is 9.57. The molecule has 1 aliphatic carbocycles. The minimum absolute atomic E-state index is 0.128. The quantitative estimate of drug-likeness (QED) is 0.708. The molecular formula is C20H28N4O3S. The smallest absolute Gasteiger partial charge is 0.251 e. The van der Waals surface area contributed by atoms with Crippen molar-refractivity contribution < 1.29 is 15.0 Å². The Bertz CT molecular complexity index is 886. The molecule has 0 saturated heterocycles. The average molecular weight is 405 g/mol. The normalized spacial score (nSPS) is 21.0. The number of carbonyl (C=O) groups excluding carboxylic acids is 1. The number of aromatic nitrogens is 2. The molecule has 0 spiro atoms. The molecule has 8 heteroatoms. The zero-order valence-electron chi connectivity index (χ0n) is 16.6. The van der Waals surface area contributed by atoms with Crippen LogP contribution in [0.5, 0.6) is 0 Å². The molecule has 0 bridgehead atoms. The van der Waals surface area contributed by atoms with Gasteiger partial charge in [-0.2, -0.15) is 5.10 Å². The number of nitrogens with zero attached hydrogens (tertiary/aromatic N) is 3. The number of benzene rings is 1. The number of rotatable bonds is 5. The van der Waals surface area contributed by atoms with E-state index in [1.165, 1.54) is 11.3 Å². The van der Waals surface area contributed by atoms with Gasteiger partial charge in [-0.25, -0.2) is 4.68 Å². The second-order valence-electron chi connectivity index (χ2n) is 7.99. The zero-order chi connectivity index (χ0) is 20.3. The van der Waals surface area contributed by atoms with Gasteiger partial charge in [0.05, 0.1) is 24.3 Å². The predicted octanol–water partition coefficient (Wildman–Crippen LogP) is 1.85. The summed E-state index contributed by atoms with van der Waals surface area (Å²) in [7, 11) is 1.87. The Labute approximate surface area is 168 Å². The first-order valence-corrected chi connectivity index (χ1v) is 10.4. The van der Waals surface area contributed by atoms with E-state index in [0.717, 1.165) is 34.6 Å². The van der Waals surface area contributed by atoms with Crippen LogP contribution in [0.25, 0.3) is 10.6 Å². The fourth-order valence-electron chi connectivity index (χ4n) is 3.17. The number of aliphatic hydroxyl groups is 2. The van der Waals surface area contributed by atoms with Crippen molar-refractivity contribution in [3.63, 3.8) is 0 Å². The van der Waals surface area contributed by atoms with Crippen LogP contribution < -0.4 is 10.1 Å². The first kappa shape index (κ1) is 20.7. The van der Waals surface area contributed by atoms with E-state index < -0.39 is 5.54 Å². The summed E-state index contributed by atoms with van der Waals surface area (Å²) in [6.07, 6.45) is 3.32. The summed E-state index contributed by atoms with van der Waals surface area (Å²) in [5, 5.41) is 27.3. The van der Waals surface area contributed by atoms with Crippen LogP contribution in [-0.4, -0.2) is 50.2 Å². The van der Waals surface area contributed by atoms with Gasteiger partial charge >= 0.3 is 0 Å². The van der Waals surface area contributed by atoms with Crippen molar-refractivity contribution in [1.82, 2.24) is 15.1 Å². The van der Waals surface area contributed by atoms with E-state index in [2.05, 4.69) is 10.4 Å². The van der Waals surface area contributed by atoms with E-state index in [4.69, 9.17) is 4.99 Å². The van der Waals surface area contributed by atoms with Gasteiger partial charge in [0.15, 0.2) is 0 Å². The Morgan fingerprint density at radius 2 is 2.07 bits per heavy atom. The fourth-order valence-corrected chi connectivity index (χ4v) is 4.14. The lowest BCUT2D eigenvalue weighted by molar-refractivity contribution is 0.0869. The van der Waals surface area contributed by atoms with Crippen LogP contribution >= 0.6 is 11.3 Å². The highest BCUT2D eigenvalue weighted by Crippen LogP contribution is 2.22. The van der Waals surface area contributed by atoms with Crippen molar-refractivity contribution >= 4 is 17.2 Å². The molecule has 1 aromatic carbocycles. The third kappa shape index (κ3) is 5.06. The Morgan fingerprint density at radius 1 is 1.36 bits per heavy atom. The molecule has 2 atom stereocenters. The third-order valence-electron chi connectivity index (χ3n) is 4.86. The Balaban J connectivity index is 1.77. The second kappa shape index (κ2) is 8.55. The van der Waals surface area contributed by atoms with Crippen LogP contribution in [-0.2, 0) is 7.05 Å². The van der Waals surface area contributed by atoms with E-state index >= 15 is 0 Å². The van der Waals surface area contributed by atoms with E-state index in [9.17, 15) is 15.0 Å². The maximum atomic E-state index is 12.3. The molecule has 3 N–H and O–H groups in total. The molecule has 1 heterocycles. The van der Waals surface area contributed by atoms with Gasteiger partial charge in [-0.05, 0) is 51.7 Å². The van der Waals surface area contributed by atoms with Gasteiger partial charge in [0.1, 0.15) is 5.01 Å². The van der Waals surface area contributed by atoms with Gasteiger partial charge < -0.3 is 15.5 Å². The lowest BCUT2D eigenvalue weighted by atomic mass is 9.94. The Morgan fingerprint density at radius 3 is 2.71 bits per heavy atom. The Hall–Kier alpha value is -2.03. The highest BCUT2D eigenvalue weighted by atomic mass is 32.1. The summed E-state index contributed by atoms with van der Waals surface area (Å²) in [6, 6.07) is 7.40. The molecule has 28 heavy (non-hydrogen) atoms. The summed E-state index contributed by atoms with van der Waals surface area (Å²) in [5.41, 5.74) is 0.790. The number of carbonyl (C=O) groups is 1. The van der Waals surface area contributed by atoms with Crippen molar-refractivity contribution in [2.24, 2.45) is 12.0 Å². The van der Waals surface area contributed by atoms with Crippen LogP contribution in [0.1, 0.15) is 49.9 Å². The minimum Gasteiger partial charge on any atom is -0.394 e. The van der Waals surface area contributed by atoms with E-state index in [-0.39, 0.29) is 24.7 Å². The molecule has 1 aliphatic rings. The van der Waals surface area contributed by atoms with Crippen LogP contribution in [0, 0.1) is 0 Å². The molecule has 3 rings (SSSR count). The van der Waals surface area contributed by atoms with Gasteiger partial charge in [-0.3, -0.25) is 9.79 Å². The topological polar surface area (TPSA) is 99.7 Å². The maximum Gasteiger partial charge on any atom is 0.251 e. The molecule has 1 amide bonds. The van der Waals surface area contributed by atoms with Crippen molar-refractivity contribution in [1.29, 1.82) is 0 Å². The van der Waals surface area contributed by atoms with Crippen LogP contribution in [0.2, 0.25) is 0 Å². The summed E-state index contributed by atoms with van der Waals surface area (Å²) in [4.78, 5) is 17.9. The molecule has 7 nitrogen and oxygen atoms in total. The van der Waals surface area contributed by atoms with E-state index in [1.807, 2.05) is 19.2 Å². The van der Waals surface area contributed by atoms with Gasteiger partial charge in [-0.15, -0.1) is 0 Å². The summed E-state index contributed by atoms with van der Waals surface area (Å²) >= 11 is 1.51. The van der Waals surface area contributed by atoms with Crippen molar-refractivity contribution in [3.05, 3.63) is 34.6 Å². The zero-order valence-corrected chi connectivity index (χ0v) is 17.4. The van der Waals surface area contributed by atoms with Gasteiger partial charge in [0.2, 0.25) is 4.80 Å². The second-order valence-corrected chi connectivity index (χ2v) is 8.95. The number of aliphatic hydroxyl groups excluding tert-OH is 2. The molecule has 1 fully saturated rings. The minimum atomic E-state index is -0.665. The summed E-state index contributed by atoms with van der Waals surface area (Å²) < 4.78 is 1.77. The van der Waals surface area contributed by atoms with Gasteiger partial charge in [0, 0.05) is 18.2 Å². The molecular weight excluding hydrogens is 376 g/mol. The highest BCUT2D eigenvalue weighted by molar-refractivity contribution is 7.12. The van der Waals surface area contributed by atoms with Crippen molar-refractivity contribution in [2.45, 2.75) is 57.2 Å². The van der Waals surface area contributed by atoms with Gasteiger partial charge in [-0.1, -0.05) is 23.5 Å². The average Bonchev–Trinajstić information content (AvgIpc) is 3.02. The number of nitrogens with one attached hydrogen (secondary N) is 1. The molecule has 1 saturated carbocycles. The number of aryl methyl sites for hydroxylation is 1. The molecule has 1 aromatic heterocycles. The predicted molar refractivity (Wildman–Crippen MR) is 109 cm³/mol. The molecule has 2 aromatic rings. The molecule has 1 unspecified atom stereocenters. The first-order chi connectivity index (χ1) is 13.3. The van der Waals surface area contributed by atoms with Gasteiger partial charge in [0.25, 0.3) is 5.91 Å². The maximum absolute atomic E-state index is 12.3. The van der Waals surface area contributed by atoms with Crippen molar-refractivity contribution in [2.75, 3.05) is 6.61 Å². The lowest BCUT2D eigenvalue weighted by Crippen LogP contribution is -2.46.